The molecule has 4 nitrogen and oxygen atoms in total. The van der Waals surface area contributed by atoms with E-state index in [0.29, 0.717) is 24.5 Å². The van der Waals surface area contributed by atoms with Crippen LogP contribution in [-0.2, 0) is 9.59 Å². The van der Waals surface area contributed by atoms with Crippen molar-refractivity contribution in [3.8, 4) is 0 Å². The van der Waals surface area contributed by atoms with Gasteiger partial charge in [0.05, 0.1) is 12.2 Å². The number of aliphatic hydroxyl groups excluding tert-OH is 2. The highest BCUT2D eigenvalue weighted by molar-refractivity contribution is 5.89. The van der Waals surface area contributed by atoms with Crippen LogP contribution in [0.15, 0.2) is 0 Å². The van der Waals surface area contributed by atoms with E-state index in [-0.39, 0.29) is 40.3 Å². The molecule has 0 aliphatic heterocycles. The molecule has 4 aliphatic rings. The van der Waals surface area contributed by atoms with Gasteiger partial charge in [0, 0.05) is 29.6 Å². The van der Waals surface area contributed by atoms with Crippen LogP contribution in [0, 0.1) is 39.4 Å². The summed E-state index contributed by atoms with van der Waals surface area (Å²) in [6.07, 6.45) is 2.73. The average Bonchev–Trinajstić information content (AvgIpc) is 2.78. The minimum atomic E-state index is -0.727. The number of aliphatic hydroxyl groups is 2. The van der Waals surface area contributed by atoms with Crippen molar-refractivity contribution < 1.29 is 19.8 Å². The molecule has 0 spiro atoms. The van der Waals surface area contributed by atoms with Gasteiger partial charge in [-0.15, -0.1) is 0 Å². The summed E-state index contributed by atoms with van der Waals surface area (Å²) in [5, 5.41) is 21.5. The average molecular weight is 363 g/mol. The minimum absolute atomic E-state index is 0.0484. The van der Waals surface area contributed by atoms with Gasteiger partial charge in [-0.25, -0.2) is 0 Å². The second kappa shape index (κ2) is 5.20. The van der Waals surface area contributed by atoms with Crippen LogP contribution in [0.5, 0.6) is 0 Å². The first kappa shape index (κ1) is 18.6. The van der Waals surface area contributed by atoms with E-state index in [1.54, 1.807) is 0 Å². The van der Waals surface area contributed by atoms with E-state index in [4.69, 9.17) is 0 Å². The van der Waals surface area contributed by atoms with E-state index in [0.717, 1.165) is 19.3 Å². The Bertz CT molecular complexity index is 669. The maximum atomic E-state index is 13.1. The summed E-state index contributed by atoms with van der Waals surface area (Å²) in [5.41, 5.74) is -1.29. The lowest BCUT2D eigenvalue weighted by Gasteiger charge is -2.68. The zero-order valence-corrected chi connectivity index (χ0v) is 16.8. The van der Waals surface area contributed by atoms with Gasteiger partial charge >= 0.3 is 0 Å². The quantitative estimate of drug-likeness (QED) is 0.694. The molecule has 0 aromatic carbocycles. The highest BCUT2D eigenvalue weighted by Crippen LogP contribution is 2.73. The molecule has 146 valence electrons. The van der Waals surface area contributed by atoms with Gasteiger partial charge in [0.1, 0.15) is 11.6 Å². The van der Waals surface area contributed by atoms with Crippen LogP contribution in [0.3, 0.4) is 0 Å². The van der Waals surface area contributed by atoms with Gasteiger partial charge in [-0.05, 0) is 48.3 Å². The van der Waals surface area contributed by atoms with Crippen molar-refractivity contribution in [2.45, 2.75) is 85.4 Å². The fourth-order valence-electron chi connectivity index (χ4n) is 8.33. The maximum absolute atomic E-state index is 13.1. The minimum Gasteiger partial charge on any atom is -0.393 e. The Morgan fingerprint density at radius 2 is 1.54 bits per heavy atom. The van der Waals surface area contributed by atoms with E-state index in [9.17, 15) is 19.8 Å². The molecule has 0 aromatic rings. The molecular formula is C22H34O4. The first-order valence-corrected chi connectivity index (χ1v) is 10.3. The van der Waals surface area contributed by atoms with Crippen molar-refractivity contribution in [1.29, 1.82) is 0 Å². The van der Waals surface area contributed by atoms with E-state index in [1.807, 2.05) is 6.92 Å². The molecule has 0 bridgehead atoms. The Balaban J connectivity index is 1.84. The van der Waals surface area contributed by atoms with Crippen molar-refractivity contribution in [3.63, 3.8) is 0 Å². The predicted molar refractivity (Wildman–Crippen MR) is 98.3 cm³/mol. The number of hydrogen-bond donors (Lipinski definition) is 2. The lowest BCUT2D eigenvalue weighted by atomic mass is 9.35. The van der Waals surface area contributed by atoms with Crippen LogP contribution in [-0.4, -0.2) is 34.0 Å². The second-order valence-corrected chi connectivity index (χ2v) is 10.9. The summed E-state index contributed by atoms with van der Waals surface area (Å²) in [6.45, 7) is 10.7. The van der Waals surface area contributed by atoms with Gasteiger partial charge in [0.25, 0.3) is 0 Å². The molecule has 26 heavy (non-hydrogen) atoms. The molecule has 2 N–H and O–H groups in total. The number of hydrogen-bond acceptors (Lipinski definition) is 4. The molecule has 0 aromatic heterocycles. The number of rotatable bonds is 0. The van der Waals surface area contributed by atoms with E-state index in [1.165, 1.54) is 0 Å². The van der Waals surface area contributed by atoms with Gasteiger partial charge < -0.3 is 10.2 Å². The van der Waals surface area contributed by atoms with Gasteiger partial charge in [0.15, 0.2) is 0 Å². The molecule has 8 atom stereocenters. The van der Waals surface area contributed by atoms with Gasteiger partial charge in [0.2, 0.25) is 0 Å². The molecule has 4 heteroatoms. The van der Waals surface area contributed by atoms with Crippen molar-refractivity contribution in [3.05, 3.63) is 0 Å². The second-order valence-electron chi connectivity index (χ2n) is 10.9. The summed E-state index contributed by atoms with van der Waals surface area (Å²) < 4.78 is 0. The van der Waals surface area contributed by atoms with Crippen molar-refractivity contribution >= 4 is 11.6 Å². The highest BCUT2D eigenvalue weighted by Gasteiger charge is 2.72. The molecule has 4 rings (SSSR count). The molecule has 4 aliphatic carbocycles. The SMILES string of the molecule is CC1(C)C(=O)CC[C@]2(C)[C@H]3C[C@@H](O)[C@@H]4[C@H](O)CC(=O)[C@@]4(C)[C@]3(C)CC[C@@H]12. The zero-order chi connectivity index (χ0) is 19.3. The molecule has 0 radical (unpaired) electrons. The molecule has 4 saturated carbocycles. The van der Waals surface area contributed by atoms with Crippen molar-refractivity contribution in [2.75, 3.05) is 0 Å². The van der Waals surface area contributed by atoms with E-state index in [2.05, 4.69) is 27.7 Å². The third-order valence-corrected chi connectivity index (χ3v) is 9.93. The van der Waals surface area contributed by atoms with Crippen LogP contribution in [0.25, 0.3) is 0 Å². The molecule has 4 fully saturated rings. The van der Waals surface area contributed by atoms with Crippen LogP contribution in [0.2, 0.25) is 0 Å². The summed E-state index contributed by atoms with van der Waals surface area (Å²) in [7, 11) is 0. The summed E-state index contributed by atoms with van der Waals surface area (Å²) in [4.78, 5) is 25.7. The maximum Gasteiger partial charge on any atom is 0.142 e. The first-order chi connectivity index (χ1) is 11.9. The van der Waals surface area contributed by atoms with Crippen molar-refractivity contribution in [1.82, 2.24) is 0 Å². The summed E-state index contributed by atoms with van der Waals surface area (Å²) in [5.74, 6) is 0.621. The Morgan fingerprint density at radius 1 is 0.885 bits per heavy atom. The molecule has 0 saturated heterocycles. The normalized spacial score (nSPS) is 55.9. The third-order valence-electron chi connectivity index (χ3n) is 9.93. The number of fused-ring (bicyclic) bond motifs is 5. The summed E-state index contributed by atoms with van der Waals surface area (Å²) >= 11 is 0. The molecule has 0 amide bonds. The fraction of sp³-hybridized carbons (Fsp3) is 0.909. The number of ketones is 2. The topological polar surface area (TPSA) is 74.6 Å². The Hall–Kier alpha value is -0.740. The van der Waals surface area contributed by atoms with Crippen LogP contribution in [0.4, 0.5) is 0 Å². The molecule has 0 unspecified atom stereocenters. The zero-order valence-electron chi connectivity index (χ0n) is 16.8. The predicted octanol–water partition coefficient (Wildman–Crippen LogP) is 3.14. The van der Waals surface area contributed by atoms with Gasteiger partial charge in [-0.3, -0.25) is 9.59 Å². The van der Waals surface area contributed by atoms with Crippen molar-refractivity contribution in [2.24, 2.45) is 39.4 Å². The molecule has 0 heterocycles. The van der Waals surface area contributed by atoms with Crippen LogP contribution >= 0.6 is 0 Å². The Kier molecular flexibility index (Phi) is 3.72. The Morgan fingerprint density at radius 3 is 2.19 bits per heavy atom. The smallest absolute Gasteiger partial charge is 0.142 e. The fourth-order valence-corrected chi connectivity index (χ4v) is 8.33. The van der Waals surface area contributed by atoms with E-state index >= 15 is 0 Å². The lowest BCUT2D eigenvalue weighted by Crippen LogP contribution is -2.67. The Labute approximate surface area is 156 Å². The monoisotopic (exact) mass is 362 g/mol. The standard InChI is InChI=1S/C22H34O4/c1-19(2)14-6-9-21(4)15(20(14,3)8-7-16(19)25)10-12(23)18-13(24)11-17(26)22(18,21)5/h12-15,18,23-24H,6-11H2,1-5H3/t12-,13-,14+,15-,18-,20+,21-,22-/m1/s1. The van der Waals surface area contributed by atoms with Gasteiger partial charge in [-0.2, -0.15) is 0 Å². The summed E-state index contributed by atoms with van der Waals surface area (Å²) in [6, 6.07) is 0. The van der Waals surface area contributed by atoms with Crippen LogP contribution < -0.4 is 0 Å². The number of carbonyl (C=O) groups excluding carboxylic acids is 2. The van der Waals surface area contributed by atoms with Gasteiger partial charge in [-0.1, -0.05) is 34.6 Å². The third kappa shape index (κ3) is 1.88. The van der Waals surface area contributed by atoms with Crippen LogP contribution in [0.1, 0.15) is 73.1 Å². The van der Waals surface area contributed by atoms with E-state index < -0.39 is 17.6 Å². The number of carbonyl (C=O) groups is 2. The molecular weight excluding hydrogens is 328 g/mol. The highest BCUT2D eigenvalue weighted by atomic mass is 16.3. The number of Topliss-reactive ketones (excluding diaryl/α,β-unsaturated/α-hetero) is 2. The lowest BCUT2D eigenvalue weighted by molar-refractivity contribution is -0.225. The largest absolute Gasteiger partial charge is 0.393 e. The first-order valence-electron chi connectivity index (χ1n) is 10.3.